The zero-order valence-electron chi connectivity index (χ0n) is 45.0. The van der Waals surface area contributed by atoms with Crippen LogP contribution in [0.5, 0.6) is 17.2 Å². The molecule has 0 N–H and O–H groups in total. The van der Waals surface area contributed by atoms with E-state index in [0.29, 0.717) is 62.5 Å². The minimum absolute atomic E-state index is 0.348. The Hall–Kier alpha value is -3.53. The molecular formula is C59H104NO9+. The third-order valence-corrected chi connectivity index (χ3v) is 13.7. The molecule has 0 spiro atoms. The summed E-state index contributed by atoms with van der Waals surface area (Å²) in [7, 11) is 0. The van der Waals surface area contributed by atoms with Gasteiger partial charge in [0.25, 0.3) is 0 Å². The van der Waals surface area contributed by atoms with Crippen LogP contribution in [0.1, 0.15) is 244 Å². The second-order valence-electron chi connectivity index (χ2n) is 19.2. The number of nitrogens with zero attached hydrogens (tertiary/aromatic N) is 1. The maximum Gasteiger partial charge on any atom is 0.338 e. The maximum absolute atomic E-state index is 13.7. The van der Waals surface area contributed by atoms with Gasteiger partial charge in [0.2, 0.25) is 5.75 Å². The molecule has 69 heavy (non-hydrogen) atoms. The first-order valence-corrected chi connectivity index (χ1v) is 28.5. The molecule has 1 aromatic rings. The second kappa shape index (κ2) is 45.6. The standard InChI is InChI=1S/C59H104NO9/c1-7-13-14-15-16-17-18-19-20-21-24-33-38-43-49-68-58-54(64-45-39-34-29-25-22-27-31-36-41-47-66-56(61)8-2)51-53(59(63)69-50-44-60(10-4,11-5)12-6)52-55(58)65-46-40-35-30-26-23-28-32-37-42-48-67-57(62)9-3/h8-9,51-52H,2-3,7,10-50H2,1,4-6H3/q+1. The summed E-state index contributed by atoms with van der Waals surface area (Å²) in [4.78, 5) is 36.2. The van der Waals surface area contributed by atoms with Crippen LogP contribution in [0.25, 0.3) is 0 Å². The van der Waals surface area contributed by atoms with Crippen LogP contribution in [0.3, 0.4) is 0 Å². The lowest BCUT2D eigenvalue weighted by atomic mass is 10.0. The first-order valence-electron chi connectivity index (χ1n) is 28.5. The van der Waals surface area contributed by atoms with Crippen LogP contribution in [0.15, 0.2) is 37.4 Å². The number of hydrogen-bond acceptors (Lipinski definition) is 9. The lowest BCUT2D eigenvalue weighted by Crippen LogP contribution is -2.49. The van der Waals surface area contributed by atoms with Crippen molar-refractivity contribution in [3.8, 4) is 17.2 Å². The van der Waals surface area contributed by atoms with Gasteiger partial charge in [-0.2, -0.15) is 0 Å². The van der Waals surface area contributed by atoms with Gasteiger partial charge in [-0.3, -0.25) is 0 Å². The molecule has 0 aliphatic carbocycles. The Morgan fingerprint density at radius 1 is 0.406 bits per heavy atom. The smallest absolute Gasteiger partial charge is 0.338 e. The molecule has 0 radical (unpaired) electrons. The van der Waals surface area contributed by atoms with E-state index >= 15 is 0 Å². The van der Waals surface area contributed by atoms with Crippen LogP contribution in [0.2, 0.25) is 0 Å². The van der Waals surface area contributed by atoms with Crippen molar-refractivity contribution in [2.75, 3.05) is 65.8 Å². The minimum atomic E-state index is -0.361. The predicted molar refractivity (Wildman–Crippen MR) is 286 cm³/mol. The molecule has 0 unspecified atom stereocenters. The molecule has 0 aliphatic heterocycles. The van der Waals surface area contributed by atoms with Crippen molar-refractivity contribution in [3.63, 3.8) is 0 Å². The van der Waals surface area contributed by atoms with Crippen molar-refractivity contribution < 1.29 is 47.3 Å². The largest absolute Gasteiger partial charge is 0.490 e. The fourth-order valence-electron chi connectivity index (χ4n) is 8.79. The number of esters is 3. The topological polar surface area (TPSA) is 107 Å². The molecule has 0 amide bonds. The minimum Gasteiger partial charge on any atom is -0.490 e. The normalized spacial score (nSPS) is 11.3. The van der Waals surface area contributed by atoms with E-state index in [4.69, 9.17) is 28.4 Å². The van der Waals surface area contributed by atoms with E-state index in [9.17, 15) is 14.4 Å². The van der Waals surface area contributed by atoms with Gasteiger partial charge in [0.05, 0.1) is 58.2 Å². The van der Waals surface area contributed by atoms with Crippen LogP contribution >= 0.6 is 0 Å². The summed E-state index contributed by atoms with van der Waals surface area (Å²) in [5.41, 5.74) is 0.434. The highest BCUT2D eigenvalue weighted by atomic mass is 16.6. The Labute approximate surface area is 423 Å². The van der Waals surface area contributed by atoms with Crippen molar-refractivity contribution in [2.45, 2.75) is 233 Å². The van der Waals surface area contributed by atoms with E-state index in [0.717, 1.165) is 121 Å². The van der Waals surface area contributed by atoms with Gasteiger partial charge in [0, 0.05) is 12.2 Å². The highest BCUT2D eigenvalue weighted by molar-refractivity contribution is 5.91. The summed E-state index contributed by atoms with van der Waals surface area (Å²) in [6, 6.07) is 3.62. The highest BCUT2D eigenvalue weighted by Crippen LogP contribution is 2.40. The van der Waals surface area contributed by atoms with E-state index in [1.807, 2.05) is 12.1 Å². The Balaban J connectivity index is 2.88. The quantitative estimate of drug-likeness (QED) is 0.0207. The number of benzene rings is 1. The number of likely N-dealkylation sites (N-methyl/N-ethyl adjacent to an activating group) is 1. The molecule has 0 heterocycles. The van der Waals surface area contributed by atoms with Gasteiger partial charge in [-0.15, -0.1) is 0 Å². The number of unbranched alkanes of at least 4 members (excludes halogenated alkanes) is 29. The van der Waals surface area contributed by atoms with Crippen molar-refractivity contribution in [1.29, 1.82) is 0 Å². The Morgan fingerprint density at radius 3 is 1.03 bits per heavy atom. The molecule has 10 heteroatoms. The number of ether oxygens (including phenoxy) is 6. The summed E-state index contributed by atoms with van der Waals surface area (Å²) >= 11 is 0. The Morgan fingerprint density at radius 2 is 0.710 bits per heavy atom. The molecule has 0 saturated heterocycles. The Kier molecular flexibility index (Phi) is 42.0. The molecule has 398 valence electrons. The third kappa shape index (κ3) is 34.4. The van der Waals surface area contributed by atoms with E-state index in [-0.39, 0.29) is 17.9 Å². The van der Waals surface area contributed by atoms with E-state index in [1.165, 1.54) is 128 Å². The number of carbonyl (C=O) groups excluding carboxylic acids is 3. The highest BCUT2D eigenvalue weighted by Gasteiger charge is 2.23. The molecule has 10 nitrogen and oxygen atoms in total. The third-order valence-electron chi connectivity index (χ3n) is 13.7. The van der Waals surface area contributed by atoms with Crippen LogP contribution in [-0.4, -0.2) is 88.2 Å². The van der Waals surface area contributed by atoms with E-state index < -0.39 is 0 Å². The van der Waals surface area contributed by atoms with Crippen molar-refractivity contribution in [2.24, 2.45) is 0 Å². The lowest BCUT2D eigenvalue weighted by Gasteiger charge is -2.35. The molecular weight excluding hydrogens is 867 g/mol. The van der Waals surface area contributed by atoms with E-state index in [2.05, 4.69) is 40.9 Å². The second-order valence-corrected chi connectivity index (χ2v) is 19.2. The van der Waals surface area contributed by atoms with Crippen LogP contribution < -0.4 is 14.2 Å². The Bertz CT molecular complexity index is 1350. The summed E-state index contributed by atoms with van der Waals surface area (Å²) in [5.74, 6) is 0.657. The molecule has 0 aliphatic rings. The van der Waals surface area contributed by atoms with Gasteiger partial charge in [0.1, 0.15) is 13.2 Å². The zero-order chi connectivity index (χ0) is 50.3. The van der Waals surface area contributed by atoms with Gasteiger partial charge in [0.15, 0.2) is 11.5 Å². The number of quaternary nitrogens is 1. The first-order chi connectivity index (χ1) is 33.8. The number of hydrogen-bond donors (Lipinski definition) is 0. The van der Waals surface area contributed by atoms with Crippen LogP contribution in [0.4, 0.5) is 0 Å². The number of carbonyl (C=O) groups is 3. The summed E-state index contributed by atoms with van der Waals surface area (Å²) < 4.78 is 36.6. The lowest BCUT2D eigenvalue weighted by molar-refractivity contribution is -0.923. The average molecular weight is 971 g/mol. The van der Waals surface area contributed by atoms with E-state index in [1.54, 1.807) is 0 Å². The summed E-state index contributed by atoms with van der Waals surface area (Å²) in [5, 5.41) is 0. The van der Waals surface area contributed by atoms with Crippen LogP contribution in [-0.2, 0) is 23.8 Å². The molecule has 0 aromatic heterocycles. The van der Waals surface area contributed by atoms with Gasteiger partial charge in [-0.25, -0.2) is 14.4 Å². The molecule has 0 bridgehead atoms. The average Bonchev–Trinajstić information content (AvgIpc) is 3.36. The fraction of sp³-hybridized carbons (Fsp3) is 0.780. The maximum atomic E-state index is 13.7. The zero-order valence-corrected chi connectivity index (χ0v) is 45.0. The molecule has 1 rings (SSSR count). The monoisotopic (exact) mass is 971 g/mol. The molecule has 0 fully saturated rings. The molecule has 1 aromatic carbocycles. The fourth-order valence-corrected chi connectivity index (χ4v) is 8.79. The van der Waals surface area contributed by atoms with Crippen molar-refractivity contribution in [1.82, 2.24) is 0 Å². The molecule has 0 atom stereocenters. The number of rotatable bonds is 51. The first kappa shape index (κ1) is 63.5. The van der Waals surface area contributed by atoms with Crippen molar-refractivity contribution >= 4 is 17.9 Å². The van der Waals surface area contributed by atoms with Crippen molar-refractivity contribution in [3.05, 3.63) is 43.0 Å². The van der Waals surface area contributed by atoms with Gasteiger partial charge in [-0.05, 0) is 65.0 Å². The van der Waals surface area contributed by atoms with Crippen LogP contribution in [0, 0.1) is 0 Å². The summed E-state index contributed by atoms with van der Waals surface area (Å²) in [6.07, 6.45) is 40.3. The predicted octanol–water partition coefficient (Wildman–Crippen LogP) is 15.8. The van der Waals surface area contributed by atoms with Gasteiger partial charge in [-0.1, -0.05) is 193 Å². The molecule has 0 saturated carbocycles. The van der Waals surface area contributed by atoms with Gasteiger partial charge < -0.3 is 32.9 Å². The van der Waals surface area contributed by atoms with Gasteiger partial charge >= 0.3 is 17.9 Å². The SMILES string of the molecule is C=CC(=O)OCCCCCCCCCCCOc1cc(C(=O)OCC[N+](CC)(CC)CC)cc(OCCCCCCCCCCCOC(=O)C=C)c1OCCCCCCCCCCCCCCCC. The summed E-state index contributed by atoms with van der Waals surface area (Å²) in [6.45, 7) is 22.5.